The van der Waals surface area contributed by atoms with Crippen molar-refractivity contribution in [2.75, 3.05) is 6.61 Å². The molecule has 0 aromatic carbocycles. The lowest BCUT2D eigenvalue weighted by molar-refractivity contribution is -0.152. The van der Waals surface area contributed by atoms with E-state index in [-0.39, 0.29) is 18.4 Å². The van der Waals surface area contributed by atoms with E-state index in [2.05, 4.69) is 0 Å². The van der Waals surface area contributed by atoms with Crippen LogP contribution in [0.25, 0.3) is 5.57 Å². The van der Waals surface area contributed by atoms with Gasteiger partial charge in [0.05, 0.1) is 12.9 Å². The van der Waals surface area contributed by atoms with Crippen LogP contribution in [-0.4, -0.2) is 18.4 Å². The van der Waals surface area contributed by atoms with Crippen molar-refractivity contribution in [3.63, 3.8) is 0 Å². The summed E-state index contributed by atoms with van der Waals surface area (Å²) in [6.07, 6.45) is 1.56. The van der Waals surface area contributed by atoms with Gasteiger partial charge in [0.15, 0.2) is 0 Å². The Bertz CT molecular complexity index is 496. The molecule has 0 N–H and O–H groups in total. The predicted octanol–water partition coefficient (Wildman–Crippen LogP) is 2.45. The van der Waals surface area contributed by atoms with Gasteiger partial charge in [0, 0.05) is 11.1 Å². The van der Waals surface area contributed by atoms with Crippen LogP contribution in [0.15, 0.2) is 28.4 Å². The van der Waals surface area contributed by atoms with E-state index in [9.17, 15) is 9.59 Å². The van der Waals surface area contributed by atoms with Gasteiger partial charge in [-0.15, -0.1) is 0 Å². The van der Waals surface area contributed by atoms with Crippen molar-refractivity contribution in [1.29, 1.82) is 0 Å². The Kier molecular flexibility index (Phi) is 3.36. The molecule has 0 fully saturated rings. The van der Waals surface area contributed by atoms with Crippen molar-refractivity contribution >= 4 is 17.3 Å². The molecule has 2 rings (SSSR count). The second-order valence-corrected chi connectivity index (χ2v) is 4.43. The summed E-state index contributed by atoms with van der Waals surface area (Å²) in [6.45, 7) is 5.84. The molecule has 1 aromatic heterocycles. The van der Waals surface area contributed by atoms with Crippen LogP contribution in [0.2, 0.25) is 0 Å². The molecule has 0 saturated carbocycles. The SMILES string of the molecule is CCOC(=O)C(=O)C1=C(c2ccco2)[C@H](C)[C@H]1C. The molecule has 1 aliphatic carbocycles. The Balaban J connectivity index is 2.35. The first-order valence-electron chi connectivity index (χ1n) is 6.07. The second-order valence-electron chi connectivity index (χ2n) is 4.43. The standard InChI is InChI=1S/C14H16O4/c1-4-17-14(16)13(15)12-9(3)8(2)11(12)10-6-5-7-18-10/h5-9H,4H2,1-3H3/t8-,9-/m1/s1. The zero-order valence-electron chi connectivity index (χ0n) is 10.7. The van der Waals surface area contributed by atoms with Gasteiger partial charge in [-0.1, -0.05) is 13.8 Å². The largest absolute Gasteiger partial charge is 0.465 e. The summed E-state index contributed by atoms with van der Waals surface area (Å²) in [4.78, 5) is 23.5. The highest BCUT2D eigenvalue weighted by Gasteiger charge is 2.42. The summed E-state index contributed by atoms with van der Waals surface area (Å²) in [5.41, 5.74) is 1.35. The Hall–Kier alpha value is -1.84. The number of rotatable bonds is 4. The summed E-state index contributed by atoms with van der Waals surface area (Å²) < 4.78 is 10.1. The van der Waals surface area contributed by atoms with Gasteiger partial charge >= 0.3 is 5.97 Å². The quantitative estimate of drug-likeness (QED) is 0.606. The maximum absolute atomic E-state index is 12.0. The minimum atomic E-state index is -0.782. The van der Waals surface area contributed by atoms with E-state index < -0.39 is 11.8 Å². The molecule has 4 heteroatoms. The molecule has 0 saturated heterocycles. The number of allylic oxidation sites excluding steroid dienone is 1. The number of furan rings is 1. The average molecular weight is 248 g/mol. The molecule has 18 heavy (non-hydrogen) atoms. The predicted molar refractivity (Wildman–Crippen MR) is 65.6 cm³/mol. The molecule has 0 spiro atoms. The van der Waals surface area contributed by atoms with Crippen molar-refractivity contribution in [3.05, 3.63) is 29.7 Å². The molecule has 96 valence electrons. The van der Waals surface area contributed by atoms with Gasteiger partial charge in [0.1, 0.15) is 5.76 Å². The van der Waals surface area contributed by atoms with Crippen LogP contribution in [0.5, 0.6) is 0 Å². The number of carbonyl (C=O) groups is 2. The smallest absolute Gasteiger partial charge is 0.379 e. The Morgan fingerprint density at radius 2 is 2.06 bits per heavy atom. The summed E-state index contributed by atoms with van der Waals surface area (Å²) >= 11 is 0. The molecule has 0 bridgehead atoms. The van der Waals surface area contributed by atoms with E-state index in [4.69, 9.17) is 9.15 Å². The van der Waals surface area contributed by atoms with E-state index in [1.54, 1.807) is 25.3 Å². The van der Waals surface area contributed by atoms with Crippen molar-refractivity contribution in [3.8, 4) is 0 Å². The van der Waals surface area contributed by atoms with Crippen LogP contribution in [-0.2, 0) is 14.3 Å². The average Bonchev–Trinajstić information content (AvgIpc) is 2.87. The Labute approximate surface area is 106 Å². The van der Waals surface area contributed by atoms with Gasteiger partial charge in [0.2, 0.25) is 0 Å². The van der Waals surface area contributed by atoms with Crippen LogP contribution >= 0.6 is 0 Å². The van der Waals surface area contributed by atoms with Gasteiger partial charge in [-0.2, -0.15) is 0 Å². The van der Waals surface area contributed by atoms with E-state index in [0.29, 0.717) is 11.3 Å². The van der Waals surface area contributed by atoms with E-state index in [1.165, 1.54) is 0 Å². The summed E-state index contributed by atoms with van der Waals surface area (Å²) in [6, 6.07) is 3.57. The van der Waals surface area contributed by atoms with Crippen molar-refractivity contribution in [2.24, 2.45) is 11.8 Å². The highest BCUT2D eigenvalue weighted by atomic mass is 16.5. The summed E-state index contributed by atoms with van der Waals surface area (Å²) in [7, 11) is 0. The van der Waals surface area contributed by atoms with Crippen LogP contribution < -0.4 is 0 Å². The third-order valence-corrected chi connectivity index (χ3v) is 3.44. The number of carbonyl (C=O) groups excluding carboxylic acids is 2. The third kappa shape index (κ3) is 1.88. The molecule has 0 radical (unpaired) electrons. The topological polar surface area (TPSA) is 56.5 Å². The van der Waals surface area contributed by atoms with Crippen molar-refractivity contribution < 1.29 is 18.7 Å². The number of ketones is 1. The molecule has 2 atom stereocenters. The first kappa shape index (κ1) is 12.6. The number of hydrogen-bond donors (Lipinski definition) is 0. The zero-order valence-corrected chi connectivity index (χ0v) is 10.7. The second kappa shape index (κ2) is 4.80. The maximum atomic E-state index is 12.0. The fourth-order valence-corrected chi connectivity index (χ4v) is 2.32. The van der Waals surface area contributed by atoms with Crippen molar-refractivity contribution in [1.82, 2.24) is 0 Å². The van der Waals surface area contributed by atoms with Crippen LogP contribution in [0, 0.1) is 11.8 Å². The lowest BCUT2D eigenvalue weighted by Gasteiger charge is -2.35. The molecular weight excluding hydrogens is 232 g/mol. The third-order valence-electron chi connectivity index (χ3n) is 3.44. The minimum Gasteiger partial charge on any atom is -0.465 e. The van der Waals surface area contributed by atoms with Gasteiger partial charge in [-0.25, -0.2) is 4.79 Å². The van der Waals surface area contributed by atoms with Crippen LogP contribution in [0.4, 0.5) is 0 Å². The normalized spacial score (nSPS) is 22.6. The molecule has 0 amide bonds. The maximum Gasteiger partial charge on any atom is 0.379 e. The minimum absolute atomic E-state index is 0.0574. The monoisotopic (exact) mass is 248 g/mol. The van der Waals surface area contributed by atoms with Gasteiger partial charge < -0.3 is 9.15 Å². The number of ether oxygens (including phenoxy) is 1. The van der Waals surface area contributed by atoms with Crippen LogP contribution in [0.3, 0.4) is 0 Å². The number of Topliss-reactive ketones (excluding diaryl/α,β-unsaturated/α-hetero) is 1. The van der Waals surface area contributed by atoms with E-state index in [0.717, 1.165) is 5.57 Å². The molecule has 0 unspecified atom stereocenters. The molecule has 4 nitrogen and oxygen atoms in total. The summed E-state index contributed by atoms with van der Waals surface area (Å²) in [5, 5.41) is 0. The number of hydrogen-bond acceptors (Lipinski definition) is 4. The molecule has 1 heterocycles. The Morgan fingerprint density at radius 3 is 2.61 bits per heavy atom. The summed E-state index contributed by atoms with van der Waals surface area (Å²) in [5.74, 6) is -0.399. The van der Waals surface area contributed by atoms with Crippen LogP contribution in [0.1, 0.15) is 26.5 Å². The first-order valence-corrected chi connectivity index (χ1v) is 6.07. The van der Waals surface area contributed by atoms with Gasteiger partial charge in [0.25, 0.3) is 5.78 Å². The highest BCUT2D eigenvalue weighted by Crippen LogP contribution is 2.46. The fourth-order valence-electron chi connectivity index (χ4n) is 2.32. The lowest BCUT2D eigenvalue weighted by atomic mass is 9.67. The zero-order chi connectivity index (χ0) is 13.3. The molecule has 1 aromatic rings. The highest BCUT2D eigenvalue weighted by molar-refractivity contribution is 6.42. The van der Waals surface area contributed by atoms with Gasteiger partial charge in [-0.3, -0.25) is 4.79 Å². The van der Waals surface area contributed by atoms with E-state index >= 15 is 0 Å². The van der Waals surface area contributed by atoms with E-state index in [1.807, 2.05) is 13.8 Å². The molecule has 1 aliphatic rings. The molecular formula is C14H16O4. The first-order chi connectivity index (χ1) is 8.57. The van der Waals surface area contributed by atoms with Gasteiger partial charge in [-0.05, 0) is 30.9 Å². The van der Waals surface area contributed by atoms with Crippen molar-refractivity contribution in [2.45, 2.75) is 20.8 Å². The Morgan fingerprint density at radius 1 is 1.33 bits per heavy atom. The fraction of sp³-hybridized carbons (Fsp3) is 0.429. The lowest BCUT2D eigenvalue weighted by Crippen LogP contribution is -2.34. The molecule has 0 aliphatic heterocycles. The number of esters is 1.